The molecule has 0 aromatic heterocycles. The van der Waals surface area contributed by atoms with Crippen molar-refractivity contribution in [2.45, 2.75) is 12.8 Å². The van der Waals surface area contributed by atoms with Gasteiger partial charge < -0.3 is 10.6 Å². The van der Waals surface area contributed by atoms with E-state index in [2.05, 4.69) is 26.6 Å². The zero-order valence-corrected chi connectivity index (χ0v) is 14.3. The van der Waals surface area contributed by atoms with Crippen LogP contribution in [0.3, 0.4) is 0 Å². The molecule has 5 nitrogen and oxygen atoms in total. The Morgan fingerprint density at radius 1 is 1.00 bits per heavy atom. The van der Waals surface area contributed by atoms with Gasteiger partial charge in [0, 0.05) is 15.8 Å². The Morgan fingerprint density at radius 3 is 2.21 bits per heavy atom. The molecule has 2 aromatic carbocycles. The fourth-order valence-electron chi connectivity index (χ4n) is 2.38. The standard InChI is InChI=1S/C18H14BrN3O2/c19-13-4-6-14(7-5-13)21-16(23)18(8-9-18)17(24)22-15-3-1-2-12(10-15)11-20/h1-7,10H,8-9H2,(H,21,23)(H,22,24). The van der Waals surface area contributed by atoms with Crippen LogP contribution in [0.5, 0.6) is 0 Å². The summed E-state index contributed by atoms with van der Waals surface area (Å²) in [6, 6.07) is 15.8. The van der Waals surface area contributed by atoms with Gasteiger partial charge in [0.1, 0.15) is 5.41 Å². The summed E-state index contributed by atoms with van der Waals surface area (Å²) in [5, 5.41) is 14.4. The zero-order chi connectivity index (χ0) is 17.2. The van der Waals surface area contributed by atoms with Crippen molar-refractivity contribution < 1.29 is 9.59 Å². The molecule has 6 heteroatoms. The van der Waals surface area contributed by atoms with Gasteiger partial charge in [0.05, 0.1) is 11.6 Å². The fourth-order valence-corrected chi connectivity index (χ4v) is 2.65. The van der Waals surface area contributed by atoms with Crippen LogP contribution in [-0.4, -0.2) is 11.8 Å². The number of carbonyl (C=O) groups excluding carboxylic acids is 2. The molecule has 2 aromatic rings. The highest BCUT2D eigenvalue weighted by Gasteiger charge is 2.56. The van der Waals surface area contributed by atoms with E-state index in [4.69, 9.17) is 5.26 Å². The molecule has 1 fully saturated rings. The van der Waals surface area contributed by atoms with Gasteiger partial charge in [0.2, 0.25) is 11.8 Å². The predicted octanol–water partition coefficient (Wildman–Crippen LogP) is 3.68. The van der Waals surface area contributed by atoms with Crippen molar-refractivity contribution in [3.8, 4) is 6.07 Å². The van der Waals surface area contributed by atoms with Crippen molar-refractivity contribution in [2.24, 2.45) is 5.41 Å². The van der Waals surface area contributed by atoms with Crippen LogP contribution in [0.15, 0.2) is 53.0 Å². The highest BCUT2D eigenvalue weighted by molar-refractivity contribution is 9.10. The van der Waals surface area contributed by atoms with Gasteiger partial charge in [-0.05, 0) is 55.3 Å². The van der Waals surface area contributed by atoms with Crippen LogP contribution in [0, 0.1) is 16.7 Å². The van der Waals surface area contributed by atoms with Crippen LogP contribution in [0.4, 0.5) is 11.4 Å². The van der Waals surface area contributed by atoms with E-state index in [1.54, 1.807) is 36.4 Å². The van der Waals surface area contributed by atoms with E-state index in [1.807, 2.05) is 18.2 Å². The first-order chi connectivity index (χ1) is 11.5. The number of hydrogen-bond acceptors (Lipinski definition) is 3. The lowest BCUT2D eigenvalue weighted by molar-refractivity contribution is -0.131. The number of halogens is 1. The second kappa shape index (κ2) is 6.46. The van der Waals surface area contributed by atoms with Crippen LogP contribution < -0.4 is 10.6 Å². The van der Waals surface area contributed by atoms with Crippen LogP contribution in [0.1, 0.15) is 18.4 Å². The van der Waals surface area contributed by atoms with Gasteiger partial charge in [0.15, 0.2) is 0 Å². The third kappa shape index (κ3) is 3.31. The van der Waals surface area contributed by atoms with E-state index in [1.165, 1.54) is 0 Å². The molecular formula is C18H14BrN3O2. The van der Waals surface area contributed by atoms with E-state index in [0.29, 0.717) is 29.8 Å². The van der Waals surface area contributed by atoms with Crippen molar-refractivity contribution in [3.05, 3.63) is 58.6 Å². The summed E-state index contributed by atoms with van der Waals surface area (Å²) in [5.41, 5.74) is 0.586. The summed E-state index contributed by atoms with van der Waals surface area (Å²) in [7, 11) is 0. The first-order valence-corrected chi connectivity index (χ1v) is 8.21. The quantitative estimate of drug-likeness (QED) is 0.789. The first-order valence-electron chi connectivity index (χ1n) is 7.42. The van der Waals surface area contributed by atoms with Gasteiger partial charge >= 0.3 is 0 Å². The zero-order valence-electron chi connectivity index (χ0n) is 12.7. The van der Waals surface area contributed by atoms with Gasteiger partial charge in [-0.1, -0.05) is 22.0 Å². The van der Waals surface area contributed by atoms with Crippen molar-refractivity contribution in [1.82, 2.24) is 0 Å². The molecule has 0 heterocycles. The highest BCUT2D eigenvalue weighted by atomic mass is 79.9. The maximum absolute atomic E-state index is 12.5. The van der Waals surface area contributed by atoms with E-state index in [9.17, 15) is 9.59 Å². The minimum Gasteiger partial charge on any atom is -0.325 e. The van der Waals surface area contributed by atoms with Crippen LogP contribution in [-0.2, 0) is 9.59 Å². The molecule has 3 rings (SSSR count). The lowest BCUT2D eigenvalue weighted by Gasteiger charge is -2.15. The molecule has 1 aliphatic carbocycles. The smallest absolute Gasteiger partial charge is 0.240 e. The number of anilines is 2. The molecule has 2 amide bonds. The minimum atomic E-state index is -1.03. The summed E-state index contributed by atoms with van der Waals surface area (Å²) in [5.74, 6) is -0.647. The molecule has 1 saturated carbocycles. The Labute approximate surface area is 147 Å². The predicted molar refractivity (Wildman–Crippen MR) is 94.2 cm³/mol. The summed E-state index contributed by atoms with van der Waals surface area (Å²) >= 11 is 3.34. The SMILES string of the molecule is N#Cc1cccc(NC(=O)C2(C(=O)Nc3ccc(Br)cc3)CC2)c1. The molecule has 0 radical (unpaired) electrons. The Balaban J connectivity index is 1.70. The molecule has 0 atom stereocenters. The maximum atomic E-state index is 12.5. The van der Waals surface area contributed by atoms with E-state index >= 15 is 0 Å². The van der Waals surface area contributed by atoms with Crippen LogP contribution in [0.2, 0.25) is 0 Å². The second-order valence-electron chi connectivity index (χ2n) is 5.69. The first kappa shape index (κ1) is 16.2. The lowest BCUT2D eigenvalue weighted by atomic mass is 10.0. The Hall–Kier alpha value is -2.65. The van der Waals surface area contributed by atoms with Gasteiger partial charge in [-0.25, -0.2) is 0 Å². The van der Waals surface area contributed by atoms with E-state index in [-0.39, 0.29) is 11.8 Å². The number of nitrogens with zero attached hydrogens (tertiary/aromatic N) is 1. The third-order valence-corrected chi connectivity index (χ3v) is 4.50. The summed E-state index contributed by atoms with van der Waals surface area (Å²) in [6.07, 6.45) is 1.03. The average molecular weight is 384 g/mol. The molecular weight excluding hydrogens is 370 g/mol. The molecule has 0 aliphatic heterocycles. The number of benzene rings is 2. The van der Waals surface area contributed by atoms with Crippen molar-refractivity contribution in [3.63, 3.8) is 0 Å². The van der Waals surface area contributed by atoms with Gasteiger partial charge in [0.25, 0.3) is 0 Å². The number of carbonyl (C=O) groups is 2. The molecule has 24 heavy (non-hydrogen) atoms. The van der Waals surface area contributed by atoms with Crippen molar-refractivity contribution in [2.75, 3.05) is 10.6 Å². The highest BCUT2D eigenvalue weighted by Crippen LogP contribution is 2.47. The van der Waals surface area contributed by atoms with Crippen LogP contribution in [0.25, 0.3) is 0 Å². The molecule has 0 bridgehead atoms. The van der Waals surface area contributed by atoms with E-state index in [0.717, 1.165) is 4.47 Å². The molecule has 120 valence electrons. The number of amides is 2. The fraction of sp³-hybridized carbons (Fsp3) is 0.167. The Morgan fingerprint density at radius 2 is 1.62 bits per heavy atom. The van der Waals surface area contributed by atoms with Gasteiger partial charge in [-0.15, -0.1) is 0 Å². The Kier molecular flexibility index (Phi) is 4.36. The number of hydrogen-bond donors (Lipinski definition) is 2. The maximum Gasteiger partial charge on any atom is 0.240 e. The van der Waals surface area contributed by atoms with Crippen molar-refractivity contribution in [1.29, 1.82) is 5.26 Å². The van der Waals surface area contributed by atoms with Gasteiger partial charge in [-0.2, -0.15) is 5.26 Å². The molecule has 1 aliphatic rings. The topological polar surface area (TPSA) is 82.0 Å². The molecule has 0 spiro atoms. The summed E-state index contributed by atoms with van der Waals surface area (Å²) in [4.78, 5) is 25.0. The number of rotatable bonds is 4. The second-order valence-corrected chi connectivity index (χ2v) is 6.61. The van der Waals surface area contributed by atoms with Crippen molar-refractivity contribution >= 4 is 39.1 Å². The normalized spacial score (nSPS) is 14.3. The molecule has 0 saturated heterocycles. The number of nitrogens with one attached hydrogen (secondary N) is 2. The average Bonchev–Trinajstić information content (AvgIpc) is 3.39. The third-order valence-electron chi connectivity index (χ3n) is 3.97. The Bertz CT molecular complexity index is 836. The molecule has 0 unspecified atom stereocenters. The van der Waals surface area contributed by atoms with Crippen LogP contribution >= 0.6 is 15.9 Å². The summed E-state index contributed by atoms with van der Waals surface area (Å²) < 4.78 is 0.914. The monoisotopic (exact) mass is 383 g/mol. The number of nitriles is 1. The molecule has 2 N–H and O–H groups in total. The largest absolute Gasteiger partial charge is 0.325 e. The van der Waals surface area contributed by atoms with E-state index < -0.39 is 5.41 Å². The van der Waals surface area contributed by atoms with Gasteiger partial charge in [-0.3, -0.25) is 9.59 Å². The minimum absolute atomic E-state index is 0.307. The summed E-state index contributed by atoms with van der Waals surface area (Å²) in [6.45, 7) is 0. The lowest BCUT2D eigenvalue weighted by Crippen LogP contribution is -2.35.